The maximum atomic E-state index is 10.7. The maximum absolute atomic E-state index is 10.7. The molecule has 3 nitrogen and oxygen atoms in total. The second-order valence-electron chi connectivity index (χ2n) is 4.55. The van der Waals surface area contributed by atoms with Crippen molar-refractivity contribution in [2.24, 2.45) is 0 Å². The molecule has 1 N–H and O–H groups in total. The molecule has 0 heterocycles. The van der Waals surface area contributed by atoms with Gasteiger partial charge in [-0.25, -0.2) is 0 Å². The smallest absolute Gasteiger partial charge is 0.153 e. The highest BCUT2D eigenvalue weighted by Crippen LogP contribution is 2.30. The molecular weight excluding hydrogens is 284 g/mol. The van der Waals surface area contributed by atoms with Crippen LogP contribution in [0.25, 0.3) is 0 Å². The van der Waals surface area contributed by atoms with Crippen LogP contribution in [0.5, 0.6) is 5.75 Å². The van der Waals surface area contributed by atoms with Gasteiger partial charge in [-0.1, -0.05) is 36.4 Å². The van der Waals surface area contributed by atoms with E-state index in [2.05, 4.69) is 0 Å². The van der Waals surface area contributed by atoms with E-state index in [1.165, 1.54) is 17.3 Å². The molecule has 2 aromatic rings. The average Bonchev–Trinajstić information content (AvgIpc) is 2.53. The fourth-order valence-corrected chi connectivity index (χ4v) is 2.77. The van der Waals surface area contributed by atoms with Gasteiger partial charge in [-0.2, -0.15) is 0 Å². The van der Waals surface area contributed by atoms with Crippen molar-refractivity contribution in [2.75, 3.05) is 12.4 Å². The van der Waals surface area contributed by atoms with Gasteiger partial charge in [-0.3, -0.25) is 4.79 Å². The Morgan fingerprint density at radius 2 is 1.90 bits per heavy atom. The number of aromatic hydroxyl groups is 1. The molecule has 0 aliphatic carbocycles. The number of carbonyl (C=O) groups excluding carboxylic acids is 1. The normalized spacial score (nSPS) is 10.5. The molecule has 0 saturated carbocycles. The number of hydrogen-bond donors (Lipinski definition) is 1. The highest BCUT2D eigenvalue weighted by molar-refractivity contribution is 7.99. The van der Waals surface area contributed by atoms with Crippen LogP contribution in [0, 0.1) is 0 Å². The lowest BCUT2D eigenvalue weighted by atomic mass is 10.2. The van der Waals surface area contributed by atoms with Crippen molar-refractivity contribution in [3.8, 4) is 5.75 Å². The van der Waals surface area contributed by atoms with E-state index in [0.717, 1.165) is 17.1 Å². The summed E-state index contributed by atoms with van der Waals surface area (Å²) in [7, 11) is 0. The Kier molecular flexibility index (Phi) is 6.31. The molecule has 0 saturated heterocycles. The third kappa shape index (κ3) is 4.92. The van der Waals surface area contributed by atoms with E-state index in [-0.39, 0.29) is 5.75 Å². The van der Waals surface area contributed by atoms with Crippen LogP contribution >= 0.6 is 11.8 Å². The summed E-state index contributed by atoms with van der Waals surface area (Å²) >= 11 is 1.53. The first-order valence-electron chi connectivity index (χ1n) is 6.83. The Labute approximate surface area is 129 Å². The molecule has 0 atom stereocenters. The topological polar surface area (TPSA) is 46.5 Å². The lowest BCUT2D eigenvalue weighted by Crippen LogP contribution is -1.96. The molecule has 0 bridgehead atoms. The number of para-hydroxylation sites is 1. The monoisotopic (exact) mass is 302 g/mol. The van der Waals surface area contributed by atoms with Gasteiger partial charge in [0.1, 0.15) is 5.75 Å². The quantitative estimate of drug-likeness (QED) is 0.456. The highest BCUT2D eigenvalue weighted by Gasteiger charge is 2.06. The second kappa shape index (κ2) is 8.49. The van der Waals surface area contributed by atoms with Gasteiger partial charge in [-0.05, 0) is 24.1 Å². The van der Waals surface area contributed by atoms with Crippen LogP contribution in [0.15, 0.2) is 53.4 Å². The van der Waals surface area contributed by atoms with Crippen LogP contribution < -0.4 is 0 Å². The number of thioether (sulfide) groups is 1. The van der Waals surface area contributed by atoms with Gasteiger partial charge in [0, 0.05) is 17.3 Å². The lowest BCUT2D eigenvalue weighted by molar-refractivity contribution is 0.112. The van der Waals surface area contributed by atoms with Gasteiger partial charge in [0.15, 0.2) is 6.29 Å². The second-order valence-corrected chi connectivity index (χ2v) is 5.69. The summed E-state index contributed by atoms with van der Waals surface area (Å²) in [6.07, 6.45) is 1.56. The van der Waals surface area contributed by atoms with Crippen molar-refractivity contribution < 1.29 is 14.6 Å². The third-order valence-electron chi connectivity index (χ3n) is 2.96. The number of phenols is 1. The summed E-state index contributed by atoms with van der Waals surface area (Å²) in [6.45, 7) is 1.30. The molecule has 0 unspecified atom stereocenters. The molecule has 0 aromatic heterocycles. The number of rotatable bonds is 8. The molecule has 0 amide bonds. The van der Waals surface area contributed by atoms with Crippen LogP contribution in [0.1, 0.15) is 22.3 Å². The number of aldehydes is 1. The van der Waals surface area contributed by atoms with Crippen molar-refractivity contribution in [3.63, 3.8) is 0 Å². The predicted molar refractivity (Wildman–Crippen MR) is 84.9 cm³/mol. The summed E-state index contributed by atoms with van der Waals surface area (Å²) < 4.78 is 5.60. The highest BCUT2D eigenvalue weighted by atomic mass is 32.2. The molecular formula is C17H18O3S. The molecule has 2 rings (SSSR count). The fourth-order valence-electron chi connectivity index (χ4n) is 1.86. The van der Waals surface area contributed by atoms with Crippen LogP contribution in [0.2, 0.25) is 0 Å². The summed E-state index contributed by atoms with van der Waals surface area (Å²) in [5, 5.41) is 9.86. The zero-order chi connectivity index (χ0) is 14.9. The molecule has 21 heavy (non-hydrogen) atoms. The Morgan fingerprint density at radius 3 is 2.67 bits per heavy atom. The Hall–Kier alpha value is -1.78. The van der Waals surface area contributed by atoms with Crippen molar-refractivity contribution in [1.29, 1.82) is 0 Å². The first-order valence-corrected chi connectivity index (χ1v) is 7.81. The molecule has 0 spiro atoms. The van der Waals surface area contributed by atoms with E-state index < -0.39 is 0 Å². The van der Waals surface area contributed by atoms with Crippen LogP contribution in [0.3, 0.4) is 0 Å². The van der Waals surface area contributed by atoms with E-state index in [9.17, 15) is 9.90 Å². The lowest BCUT2D eigenvalue weighted by Gasteiger charge is -2.07. The molecule has 110 valence electrons. The first kappa shape index (κ1) is 15.6. The zero-order valence-corrected chi connectivity index (χ0v) is 12.5. The molecule has 0 aliphatic heterocycles. The number of benzene rings is 2. The van der Waals surface area contributed by atoms with Gasteiger partial charge < -0.3 is 9.84 Å². The Balaban J connectivity index is 1.67. The fraction of sp³-hybridized carbons (Fsp3) is 0.235. The molecule has 0 aliphatic rings. The maximum Gasteiger partial charge on any atom is 0.153 e. The minimum absolute atomic E-state index is 0.0719. The number of carbonyl (C=O) groups is 1. The predicted octanol–water partition coefficient (Wildman–Crippen LogP) is 3.90. The number of hydrogen-bond acceptors (Lipinski definition) is 4. The average molecular weight is 302 g/mol. The summed E-state index contributed by atoms with van der Waals surface area (Å²) in [5.41, 5.74) is 1.50. The summed E-state index contributed by atoms with van der Waals surface area (Å²) in [4.78, 5) is 11.5. The van der Waals surface area contributed by atoms with E-state index in [4.69, 9.17) is 4.74 Å². The Morgan fingerprint density at radius 1 is 1.10 bits per heavy atom. The zero-order valence-electron chi connectivity index (χ0n) is 11.7. The first-order chi connectivity index (χ1) is 10.3. The van der Waals surface area contributed by atoms with Gasteiger partial charge >= 0.3 is 0 Å². The SMILES string of the molecule is O=Cc1cccc(SCCCOCc2ccccc2)c1O. The molecule has 0 radical (unpaired) electrons. The summed E-state index contributed by atoms with van der Waals surface area (Å²) in [5.74, 6) is 0.910. The van der Waals surface area contributed by atoms with E-state index >= 15 is 0 Å². The third-order valence-corrected chi connectivity index (χ3v) is 4.09. The van der Waals surface area contributed by atoms with Gasteiger partial charge in [0.25, 0.3) is 0 Å². The van der Waals surface area contributed by atoms with Crippen molar-refractivity contribution in [3.05, 3.63) is 59.7 Å². The van der Waals surface area contributed by atoms with Gasteiger partial charge in [-0.15, -0.1) is 11.8 Å². The number of phenolic OH excluding ortho intramolecular Hbond substituents is 1. The van der Waals surface area contributed by atoms with E-state index in [0.29, 0.717) is 25.1 Å². The van der Waals surface area contributed by atoms with Gasteiger partial charge in [0.05, 0.1) is 12.2 Å². The van der Waals surface area contributed by atoms with E-state index in [1.54, 1.807) is 12.1 Å². The number of ether oxygens (including phenoxy) is 1. The van der Waals surface area contributed by atoms with E-state index in [1.807, 2.05) is 36.4 Å². The minimum atomic E-state index is 0.0719. The van der Waals surface area contributed by atoms with Crippen molar-refractivity contribution in [2.45, 2.75) is 17.9 Å². The van der Waals surface area contributed by atoms with Crippen molar-refractivity contribution in [1.82, 2.24) is 0 Å². The van der Waals surface area contributed by atoms with Gasteiger partial charge in [0.2, 0.25) is 0 Å². The Bertz CT molecular complexity index is 570. The van der Waals surface area contributed by atoms with Crippen LogP contribution in [0.4, 0.5) is 0 Å². The van der Waals surface area contributed by atoms with Crippen LogP contribution in [-0.4, -0.2) is 23.8 Å². The molecule has 0 fully saturated rings. The summed E-state index contributed by atoms with van der Waals surface area (Å²) in [6, 6.07) is 15.3. The molecule has 2 aromatic carbocycles. The standard InChI is InChI=1S/C17H18O3S/c18-12-15-8-4-9-16(17(15)19)21-11-5-10-20-13-14-6-2-1-3-7-14/h1-4,6-9,12,19H,5,10-11,13H2. The molecule has 4 heteroatoms. The van der Waals surface area contributed by atoms with Crippen molar-refractivity contribution >= 4 is 18.0 Å². The van der Waals surface area contributed by atoms with Crippen LogP contribution in [-0.2, 0) is 11.3 Å². The largest absolute Gasteiger partial charge is 0.506 e. The minimum Gasteiger partial charge on any atom is -0.506 e.